The molecule has 2 aromatic carbocycles. The molecule has 2 aromatic rings. The maximum atomic E-state index is 14.3. The van der Waals surface area contributed by atoms with E-state index in [1.807, 2.05) is 39.0 Å². The molecule has 2 atom stereocenters. The van der Waals surface area contributed by atoms with Gasteiger partial charge in [0, 0.05) is 49.5 Å². The van der Waals surface area contributed by atoms with Crippen LogP contribution in [-0.2, 0) is 16.0 Å². The lowest BCUT2D eigenvalue weighted by Gasteiger charge is -2.32. The van der Waals surface area contributed by atoms with Gasteiger partial charge in [-0.15, -0.1) is 0 Å². The van der Waals surface area contributed by atoms with Crippen molar-refractivity contribution in [1.29, 1.82) is 0 Å². The number of anilines is 2. The molecule has 32 heavy (non-hydrogen) atoms. The van der Waals surface area contributed by atoms with Crippen molar-refractivity contribution >= 4 is 17.3 Å². The third-order valence-corrected chi connectivity index (χ3v) is 6.97. The highest BCUT2D eigenvalue weighted by Crippen LogP contribution is 2.27. The molecule has 6 heteroatoms. The Kier molecular flexibility index (Phi) is 7.11. The summed E-state index contributed by atoms with van der Waals surface area (Å²) in [7, 11) is 0. The molecule has 0 saturated carbocycles. The summed E-state index contributed by atoms with van der Waals surface area (Å²) in [5.74, 6) is -0.653. The van der Waals surface area contributed by atoms with Crippen LogP contribution in [-0.4, -0.2) is 56.2 Å². The number of carbonyl (C=O) groups excluding carboxylic acids is 1. The first-order valence-electron chi connectivity index (χ1n) is 11.6. The fraction of sp³-hybridized carbons (Fsp3) is 0.500. The predicted octanol–water partition coefficient (Wildman–Crippen LogP) is 4.17. The molecule has 2 saturated heterocycles. The Hall–Kier alpha value is -2.44. The van der Waals surface area contributed by atoms with E-state index in [0.29, 0.717) is 18.0 Å². The quantitative estimate of drug-likeness (QED) is 0.734. The van der Waals surface area contributed by atoms with Gasteiger partial charge in [0.2, 0.25) is 5.91 Å². The summed E-state index contributed by atoms with van der Waals surface area (Å²) in [6.07, 6.45) is 1.53. The summed E-state index contributed by atoms with van der Waals surface area (Å²) >= 11 is 0. The second kappa shape index (κ2) is 10.0. The Morgan fingerprint density at radius 1 is 1.19 bits per heavy atom. The number of nitrogens with one attached hydrogen (secondary N) is 1. The lowest BCUT2D eigenvalue weighted by atomic mass is 9.94. The molecule has 2 aliphatic rings. The number of halogens is 1. The minimum atomic E-state index is -0.328. The van der Waals surface area contributed by atoms with Crippen LogP contribution in [0.15, 0.2) is 36.4 Å². The SMILES string of the molecule is Cc1ccc(F)c(CC(C)C(=O)Nc2cccc(N3CCC(N4CCOCC4)C3)c2)c1C. The summed E-state index contributed by atoms with van der Waals surface area (Å²) in [4.78, 5) is 17.8. The van der Waals surface area contributed by atoms with E-state index in [1.54, 1.807) is 6.07 Å². The topological polar surface area (TPSA) is 44.8 Å². The monoisotopic (exact) mass is 439 g/mol. The number of amides is 1. The second-order valence-corrected chi connectivity index (χ2v) is 9.15. The summed E-state index contributed by atoms with van der Waals surface area (Å²) in [5.41, 5.74) is 4.52. The first-order valence-corrected chi connectivity index (χ1v) is 11.6. The Morgan fingerprint density at radius 3 is 2.75 bits per heavy atom. The highest BCUT2D eigenvalue weighted by atomic mass is 19.1. The van der Waals surface area contributed by atoms with Crippen molar-refractivity contribution < 1.29 is 13.9 Å². The van der Waals surface area contributed by atoms with Gasteiger partial charge in [-0.2, -0.15) is 0 Å². The van der Waals surface area contributed by atoms with Crippen molar-refractivity contribution in [3.8, 4) is 0 Å². The van der Waals surface area contributed by atoms with E-state index >= 15 is 0 Å². The number of morpholine rings is 1. The van der Waals surface area contributed by atoms with Crippen LogP contribution in [0.2, 0.25) is 0 Å². The van der Waals surface area contributed by atoms with E-state index in [9.17, 15) is 9.18 Å². The molecule has 172 valence electrons. The zero-order valence-corrected chi connectivity index (χ0v) is 19.4. The number of ether oxygens (including phenoxy) is 1. The Balaban J connectivity index is 1.37. The molecule has 2 fully saturated rings. The van der Waals surface area contributed by atoms with Crippen LogP contribution in [0.25, 0.3) is 0 Å². The first kappa shape index (κ1) is 22.7. The van der Waals surface area contributed by atoms with E-state index in [2.05, 4.69) is 21.2 Å². The molecule has 1 amide bonds. The third-order valence-electron chi connectivity index (χ3n) is 6.97. The second-order valence-electron chi connectivity index (χ2n) is 9.15. The van der Waals surface area contributed by atoms with Gasteiger partial charge in [0.05, 0.1) is 13.2 Å². The van der Waals surface area contributed by atoms with Gasteiger partial charge in [-0.25, -0.2) is 4.39 Å². The zero-order chi connectivity index (χ0) is 22.7. The van der Waals surface area contributed by atoms with Crippen molar-refractivity contribution in [1.82, 2.24) is 4.90 Å². The highest BCUT2D eigenvalue weighted by Gasteiger charge is 2.29. The number of benzene rings is 2. The number of hydrogen-bond donors (Lipinski definition) is 1. The van der Waals surface area contributed by atoms with Crippen molar-refractivity contribution in [2.75, 3.05) is 49.6 Å². The number of aryl methyl sites for hydroxylation is 1. The van der Waals surface area contributed by atoms with Gasteiger partial charge in [0.15, 0.2) is 0 Å². The van der Waals surface area contributed by atoms with E-state index in [0.717, 1.165) is 68.3 Å². The van der Waals surface area contributed by atoms with Gasteiger partial charge < -0.3 is 15.0 Å². The maximum Gasteiger partial charge on any atom is 0.227 e. The van der Waals surface area contributed by atoms with Crippen LogP contribution in [0.4, 0.5) is 15.8 Å². The van der Waals surface area contributed by atoms with Gasteiger partial charge in [0.25, 0.3) is 0 Å². The van der Waals surface area contributed by atoms with E-state index in [1.165, 1.54) is 6.07 Å². The summed E-state index contributed by atoms with van der Waals surface area (Å²) < 4.78 is 19.8. The minimum Gasteiger partial charge on any atom is -0.379 e. The lowest BCUT2D eigenvalue weighted by Crippen LogP contribution is -2.44. The normalized spacial score (nSPS) is 20.4. The molecular weight excluding hydrogens is 405 g/mol. The van der Waals surface area contributed by atoms with Gasteiger partial charge in [-0.1, -0.05) is 19.1 Å². The molecule has 0 bridgehead atoms. The zero-order valence-electron chi connectivity index (χ0n) is 19.4. The predicted molar refractivity (Wildman–Crippen MR) is 127 cm³/mol. The lowest BCUT2D eigenvalue weighted by molar-refractivity contribution is -0.119. The van der Waals surface area contributed by atoms with Crippen molar-refractivity contribution in [3.63, 3.8) is 0 Å². The van der Waals surface area contributed by atoms with E-state index < -0.39 is 0 Å². The molecule has 0 spiro atoms. The molecule has 0 aliphatic carbocycles. The van der Waals surface area contributed by atoms with Crippen LogP contribution in [0.3, 0.4) is 0 Å². The molecule has 0 aromatic heterocycles. The van der Waals surface area contributed by atoms with Crippen LogP contribution in [0.1, 0.15) is 30.0 Å². The smallest absolute Gasteiger partial charge is 0.227 e. The largest absolute Gasteiger partial charge is 0.379 e. The Bertz CT molecular complexity index is 958. The Morgan fingerprint density at radius 2 is 1.97 bits per heavy atom. The van der Waals surface area contributed by atoms with Crippen LogP contribution >= 0.6 is 0 Å². The molecule has 5 nitrogen and oxygen atoms in total. The first-order chi connectivity index (χ1) is 15.4. The fourth-order valence-electron chi connectivity index (χ4n) is 4.75. The average molecular weight is 440 g/mol. The molecule has 1 N–H and O–H groups in total. The average Bonchev–Trinajstić information content (AvgIpc) is 3.30. The number of carbonyl (C=O) groups is 1. The maximum absolute atomic E-state index is 14.3. The number of nitrogens with zero attached hydrogens (tertiary/aromatic N) is 2. The molecule has 2 unspecified atom stereocenters. The summed E-state index contributed by atoms with van der Waals surface area (Å²) in [6.45, 7) is 11.4. The van der Waals surface area contributed by atoms with Gasteiger partial charge in [-0.3, -0.25) is 9.69 Å². The standard InChI is InChI=1S/C26H34FN3O2/c1-18-7-8-25(27)24(20(18)3)15-19(2)26(31)28-21-5-4-6-22(16-21)30-10-9-23(17-30)29-11-13-32-14-12-29/h4-8,16,19,23H,9-15,17H2,1-3H3,(H,28,31). The molecule has 4 rings (SSSR count). The summed E-state index contributed by atoms with van der Waals surface area (Å²) in [6, 6.07) is 11.9. The molecule has 0 radical (unpaired) electrons. The highest BCUT2D eigenvalue weighted by molar-refractivity contribution is 5.93. The van der Waals surface area contributed by atoms with E-state index in [-0.39, 0.29) is 17.6 Å². The van der Waals surface area contributed by atoms with Gasteiger partial charge in [0.1, 0.15) is 5.82 Å². The Labute approximate surface area is 190 Å². The van der Waals surface area contributed by atoms with Crippen LogP contribution in [0, 0.1) is 25.6 Å². The molecular formula is C26H34FN3O2. The molecule has 2 heterocycles. The van der Waals surface area contributed by atoms with Crippen LogP contribution < -0.4 is 10.2 Å². The van der Waals surface area contributed by atoms with Crippen LogP contribution in [0.5, 0.6) is 0 Å². The van der Waals surface area contributed by atoms with Gasteiger partial charge >= 0.3 is 0 Å². The van der Waals surface area contributed by atoms with Crippen molar-refractivity contribution in [3.05, 3.63) is 58.9 Å². The van der Waals surface area contributed by atoms with Gasteiger partial charge in [-0.05, 0) is 67.6 Å². The minimum absolute atomic E-state index is 0.0879. The molecule has 2 aliphatic heterocycles. The summed E-state index contributed by atoms with van der Waals surface area (Å²) in [5, 5.41) is 3.04. The van der Waals surface area contributed by atoms with Crippen molar-refractivity contribution in [2.45, 2.75) is 39.7 Å². The third kappa shape index (κ3) is 5.13. The fourth-order valence-corrected chi connectivity index (χ4v) is 4.75. The number of rotatable bonds is 6. The number of hydrogen-bond acceptors (Lipinski definition) is 4. The van der Waals surface area contributed by atoms with Crippen molar-refractivity contribution in [2.24, 2.45) is 5.92 Å². The van der Waals surface area contributed by atoms with E-state index in [4.69, 9.17) is 4.74 Å².